The van der Waals surface area contributed by atoms with E-state index in [1.165, 1.54) is 32.5 Å². The Labute approximate surface area is 110 Å². The lowest BCUT2D eigenvalue weighted by molar-refractivity contribution is -0.0503. The van der Waals surface area contributed by atoms with Crippen LogP contribution in [0.3, 0.4) is 0 Å². The van der Waals surface area contributed by atoms with Gasteiger partial charge in [0.1, 0.15) is 0 Å². The molecule has 2 unspecified atom stereocenters. The minimum atomic E-state index is -0.150. The van der Waals surface area contributed by atoms with Crippen LogP contribution in [0.5, 0.6) is 0 Å². The Morgan fingerprint density at radius 1 is 0.944 bits per heavy atom. The molecule has 104 valence electrons. The largest absolute Gasteiger partial charge is 0.393 e. The summed E-state index contributed by atoms with van der Waals surface area (Å²) in [6.45, 7) is 8.55. The van der Waals surface area contributed by atoms with Crippen LogP contribution in [0.1, 0.15) is 19.3 Å². The van der Waals surface area contributed by atoms with Crippen molar-refractivity contribution in [1.29, 1.82) is 0 Å². The molecule has 3 aliphatic rings. The highest BCUT2D eigenvalue weighted by Crippen LogP contribution is 2.30. The van der Waals surface area contributed by atoms with Gasteiger partial charge in [0.15, 0.2) is 0 Å². The Balaban J connectivity index is 1.38. The zero-order valence-electron chi connectivity index (χ0n) is 11.3. The van der Waals surface area contributed by atoms with Crippen molar-refractivity contribution in [3.05, 3.63) is 0 Å². The van der Waals surface area contributed by atoms with Crippen LogP contribution in [0.15, 0.2) is 0 Å². The molecule has 3 fully saturated rings. The fraction of sp³-hybridized carbons (Fsp3) is 1.00. The van der Waals surface area contributed by atoms with Crippen molar-refractivity contribution in [3.8, 4) is 0 Å². The van der Waals surface area contributed by atoms with Crippen molar-refractivity contribution in [2.75, 3.05) is 52.5 Å². The molecule has 2 heterocycles. The Morgan fingerprint density at radius 2 is 1.61 bits per heavy atom. The van der Waals surface area contributed by atoms with E-state index in [0.717, 1.165) is 45.2 Å². The maximum absolute atomic E-state index is 9.96. The molecule has 2 saturated heterocycles. The van der Waals surface area contributed by atoms with E-state index in [2.05, 4.69) is 9.80 Å². The molecule has 1 saturated carbocycles. The third-order valence-corrected chi connectivity index (χ3v) is 4.60. The van der Waals surface area contributed by atoms with Gasteiger partial charge in [-0.2, -0.15) is 0 Å². The van der Waals surface area contributed by atoms with E-state index < -0.39 is 0 Å². The summed E-state index contributed by atoms with van der Waals surface area (Å²) < 4.78 is 5.48. The number of nitrogens with zero attached hydrogens (tertiary/aromatic N) is 2. The lowest BCUT2D eigenvalue weighted by Crippen LogP contribution is -2.50. The maximum atomic E-state index is 9.96. The molecule has 0 amide bonds. The summed E-state index contributed by atoms with van der Waals surface area (Å²) in [6, 6.07) is 0. The highest BCUT2D eigenvalue weighted by atomic mass is 16.5. The molecule has 1 aliphatic carbocycles. The smallest absolute Gasteiger partial charge is 0.0624 e. The molecule has 4 heteroatoms. The van der Waals surface area contributed by atoms with Gasteiger partial charge < -0.3 is 19.6 Å². The molecule has 3 rings (SSSR count). The molecule has 0 aromatic carbocycles. The van der Waals surface area contributed by atoms with E-state index in [0.29, 0.717) is 5.92 Å². The van der Waals surface area contributed by atoms with Gasteiger partial charge in [-0.1, -0.05) is 0 Å². The predicted molar refractivity (Wildman–Crippen MR) is 70.5 cm³/mol. The summed E-state index contributed by atoms with van der Waals surface area (Å²) in [6.07, 6.45) is 3.56. The van der Waals surface area contributed by atoms with E-state index in [9.17, 15) is 5.11 Å². The molecule has 18 heavy (non-hydrogen) atoms. The number of aliphatic hydroxyl groups is 1. The van der Waals surface area contributed by atoms with Gasteiger partial charge in [0.2, 0.25) is 0 Å². The van der Waals surface area contributed by atoms with E-state index in [-0.39, 0.29) is 6.10 Å². The van der Waals surface area contributed by atoms with Gasteiger partial charge in [-0.25, -0.2) is 0 Å². The number of ether oxygens (including phenoxy) is 1. The topological polar surface area (TPSA) is 35.9 Å². The van der Waals surface area contributed by atoms with Crippen LogP contribution in [-0.2, 0) is 4.74 Å². The van der Waals surface area contributed by atoms with E-state index in [1.807, 2.05) is 0 Å². The molecule has 4 nitrogen and oxygen atoms in total. The molecule has 0 spiro atoms. The van der Waals surface area contributed by atoms with Gasteiger partial charge in [0, 0.05) is 51.8 Å². The number of piperazine rings is 1. The first-order valence-electron chi connectivity index (χ1n) is 7.52. The molecule has 2 aliphatic heterocycles. The van der Waals surface area contributed by atoms with Crippen molar-refractivity contribution in [3.63, 3.8) is 0 Å². The molecular weight excluding hydrogens is 228 g/mol. The van der Waals surface area contributed by atoms with Crippen molar-refractivity contribution < 1.29 is 9.84 Å². The van der Waals surface area contributed by atoms with Crippen LogP contribution in [-0.4, -0.2) is 73.5 Å². The second kappa shape index (κ2) is 5.87. The minimum Gasteiger partial charge on any atom is -0.393 e. The number of hydrogen-bond donors (Lipinski definition) is 1. The van der Waals surface area contributed by atoms with E-state index >= 15 is 0 Å². The van der Waals surface area contributed by atoms with Gasteiger partial charge in [-0.3, -0.25) is 0 Å². The second-order valence-electron chi connectivity index (χ2n) is 6.24. The lowest BCUT2D eigenvalue weighted by atomic mass is 9.98. The zero-order valence-corrected chi connectivity index (χ0v) is 11.3. The van der Waals surface area contributed by atoms with Crippen molar-refractivity contribution in [2.45, 2.75) is 25.4 Å². The van der Waals surface area contributed by atoms with Crippen LogP contribution in [0, 0.1) is 11.8 Å². The fourth-order valence-corrected chi connectivity index (χ4v) is 3.11. The normalized spacial score (nSPS) is 35.8. The molecule has 0 radical (unpaired) electrons. The quantitative estimate of drug-likeness (QED) is 0.788. The average Bonchev–Trinajstić information content (AvgIpc) is 3.19. The monoisotopic (exact) mass is 254 g/mol. The van der Waals surface area contributed by atoms with Crippen LogP contribution in [0.25, 0.3) is 0 Å². The van der Waals surface area contributed by atoms with E-state index in [4.69, 9.17) is 4.74 Å². The highest BCUT2D eigenvalue weighted by molar-refractivity contribution is 4.82. The van der Waals surface area contributed by atoms with Gasteiger partial charge in [0.25, 0.3) is 0 Å². The first-order valence-corrected chi connectivity index (χ1v) is 7.52. The third kappa shape index (κ3) is 3.44. The molecule has 0 bridgehead atoms. The number of hydrogen-bond acceptors (Lipinski definition) is 4. The summed E-state index contributed by atoms with van der Waals surface area (Å²) in [5.41, 5.74) is 0. The Bertz CT molecular complexity index is 263. The summed E-state index contributed by atoms with van der Waals surface area (Å²) in [5.74, 6) is 1.33. The van der Waals surface area contributed by atoms with Crippen LogP contribution >= 0.6 is 0 Å². The highest BCUT2D eigenvalue weighted by Gasteiger charge is 2.29. The SMILES string of the molecule is OC1CCOCC1CN1CCN(CC2CC2)CC1. The first-order chi connectivity index (χ1) is 8.81. The Kier molecular flexibility index (Phi) is 4.19. The molecule has 0 aromatic rings. The summed E-state index contributed by atoms with van der Waals surface area (Å²) >= 11 is 0. The number of rotatable bonds is 4. The van der Waals surface area contributed by atoms with Crippen molar-refractivity contribution in [2.24, 2.45) is 11.8 Å². The first kappa shape index (κ1) is 12.9. The maximum Gasteiger partial charge on any atom is 0.0624 e. The lowest BCUT2D eigenvalue weighted by Gasteiger charge is -2.38. The van der Waals surface area contributed by atoms with Crippen LogP contribution in [0.4, 0.5) is 0 Å². The Morgan fingerprint density at radius 3 is 2.22 bits per heavy atom. The zero-order chi connectivity index (χ0) is 12.4. The number of aliphatic hydroxyl groups excluding tert-OH is 1. The third-order valence-electron chi connectivity index (χ3n) is 4.60. The van der Waals surface area contributed by atoms with Crippen molar-refractivity contribution in [1.82, 2.24) is 9.80 Å². The molecule has 1 N–H and O–H groups in total. The molecular formula is C14H26N2O2. The minimum absolute atomic E-state index is 0.150. The predicted octanol–water partition coefficient (Wildman–Crippen LogP) is 0.411. The fourth-order valence-electron chi connectivity index (χ4n) is 3.11. The van der Waals surface area contributed by atoms with Gasteiger partial charge in [-0.05, 0) is 25.2 Å². The summed E-state index contributed by atoms with van der Waals surface area (Å²) in [4.78, 5) is 5.12. The van der Waals surface area contributed by atoms with Gasteiger partial charge in [0.05, 0.1) is 12.7 Å². The van der Waals surface area contributed by atoms with Crippen molar-refractivity contribution >= 4 is 0 Å². The van der Waals surface area contributed by atoms with Crippen LogP contribution in [0.2, 0.25) is 0 Å². The molecule has 0 aromatic heterocycles. The van der Waals surface area contributed by atoms with Gasteiger partial charge >= 0.3 is 0 Å². The second-order valence-corrected chi connectivity index (χ2v) is 6.24. The average molecular weight is 254 g/mol. The Hall–Kier alpha value is -0.160. The van der Waals surface area contributed by atoms with E-state index in [1.54, 1.807) is 0 Å². The molecule has 2 atom stereocenters. The summed E-state index contributed by atoms with van der Waals surface area (Å²) in [5, 5.41) is 9.96. The summed E-state index contributed by atoms with van der Waals surface area (Å²) in [7, 11) is 0. The standard InChI is InChI=1S/C14H26N2O2/c17-14-3-8-18-11-13(14)10-16-6-4-15(5-7-16)9-12-1-2-12/h12-14,17H,1-11H2. The van der Waals surface area contributed by atoms with Crippen LogP contribution < -0.4 is 0 Å². The van der Waals surface area contributed by atoms with Gasteiger partial charge in [-0.15, -0.1) is 0 Å².